The number of para-hydroxylation sites is 1. The molecule has 0 radical (unpaired) electrons. The van der Waals surface area contributed by atoms with Crippen molar-refractivity contribution >= 4 is 28.7 Å². The zero-order valence-corrected chi connectivity index (χ0v) is 19.8. The Kier molecular flexibility index (Phi) is 8.07. The highest BCUT2D eigenvalue weighted by molar-refractivity contribution is 7.80. The van der Waals surface area contributed by atoms with Crippen molar-refractivity contribution in [3.8, 4) is 0 Å². The van der Waals surface area contributed by atoms with Crippen LogP contribution in [0, 0.1) is 6.92 Å². The normalized spacial score (nSPS) is 11.6. The molecular formula is C27H33N3S. The minimum atomic E-state index is 0.146. The second-order valence-electron chi connectivity index (χ2n) is 7.80. The van der Waals surface area contributed by atoms with Crippen LogP contribution in [-0.4, -0.2) is 23.1 Å². The van der Waals surface area contributed by atoms with Crippen molar-refractivity contribution in [3.05, 3.63) is 95.6 Å². The number of anilines is 2. The fourth-order valence-corrected chi connectivity index (χ4v) is 4.13. The van der Waals surface area contributed by atoms with Gasteiger partial charge in [0.05, 0.1) is 6.04 Å². The van der Waals surface area contributed by atoms with Crippen molar-refractivity contribution in [1.82, 2.24) is 4.90 Å². The molecule has 0 spiro atoms. The molecule has 4 heteroatoms. The van der Waals surface area contributed by atoms with Crippen LogP contribution in [0.2, 0.25) is 0 Å². The third-order valence-corrected chi connectivity index (χ3v) is 6.15. The lowest BCUT2D eigenvalue weighted by Gasteiger charge is -2.33. The van der Waals surface area contributed by atoms with Crippen LogP contribution in [0.25, 0.3) is 0 Å². The average Bonchev–Trinajstić information content (AvgIpc) is 2.81. The number of aryl methyl sites for hydroxylation is 1. The molecule has 31 heavy (non-hydrogen) atoms. The lowest BCUT2D eigenvalue weighted by Crippen LogP contribution is -2.36. The van der Waals surface area contributed by atoms with E-state index in [1.165, 1.54) is 22.4 Å². The van der Waals surface area contributed by atoms with Gasteiger partial charge in [-0.05, 0) is 74.8 Å². The summed E-state index contributed by atoms with van der Waals surface area (Å²) < 4.78 is 0. The fourth-order valence-electron chi connectivity index (χ4n) is 3.79. The molecule has 3 nitrogen and oxygen atoms in total. The quantitative estimate of drug-likeness (QED) is 0.395. The summed E-state index contributed by atoms with van der Waals surface area (Å²) in [5.74, 6) is 0. The lowest BCUT2D eigenvalue weighted by molar-refractivity contribution is 0.334. The molecule has 0 aliphatic carbocycles. The van der Waals surface area contributed by atoms with Crippen LogP contribution in [0.4, 0.5) is 11.4 Å². The summed E-state index contributed by atoms with van der Waals surface area (Å²) >= 11 is 5.90. The van der Waals surface area contributed by atoms with Gasteiger partial charge >= 0.3 is 0 Å². The van der Waals surface area contributed by atoms with Crippen molar-refractivity contribution in [2.24, 2.45) is 0 Å². The van der Waals surface area contributed by atoms with E-state index in [0.29, 0.717) is 0 Å². The summed E-state index contributed by atoms with van der Waals surface area (Å²) in [6.07, 6.45) is 0. The van der Waals surface area contributed by atoms with E-state index in [2.05, 4.69) is 110 Å². The Morgan fingerprint density at radius 3 is 2.10 bits per heavy atom. The van der Waals surface area contributed by atoms with E-state index in [9.17, 15) is 0 Å². The van der Waals surface area contributed by atoms with Crippen LogP contribution < -0.4 is 10.2 Å². The molecule has 3 aromatic carbocycles. The van der Waals surface area contributed by atoms with E-state index < -0.39 is 0 Å². The molecule has 0 saturated heterocycles. The number of benzene rings is 3. The molecule has 162 valence electrons. The fraction of sp³-hybridized carbons (Fsp3) is 0.296. The van der Waals surface area contributed by atoms with Crippen molar-refractivity contribution < 1.29 is 0 Å². The van der Waals surface area contributed by atoms with Crippen LogP contribution in [0.5, 0.6) is 0 Å². The molecule has 0 unspecified atom stereocenters. The number of nitrogens with zero attached hydrogens (tertiary/aromatic N) is 2. The van der Waals surface area contributed by atoms with Gasteiger partial charge in [-0.25, -0.2) is 0 Å². The summed E-state index contributed by atoms with van der Waals surface area (Å²) in [7, 11) is 0. The van der Waals surface area contributed by atoms with Crippen LogP contribution in [0.3, 0.4) is 0 Å². The maximum Gasteiger partial charge on any atom is 0.174 e. The molecule has 0 saturated carbocycles. The largest absolute Gasteiger partial charge is 0.372 e. The van der Waals surface area contributed by atoms with E-state index in [0.717, 1.165) is 30.4 Å². The van der Waals surface area contributed by atoms with Crippen molar-refractivity contribution in [1.29, 1.82) is 0 Å². The van der Waals surface area contributed by atoms with Gasteiger partial charge in [-0.15, -0.1) is 0 Å². The molecular weight excluding hydrogens is 398 g/mol. The molecule has 3 aromatic rings. The zero-order valence-electron chi connectivity index (χ0n) is 19.0. The van der Waals surface area contributed by atoms with Gasteiger partial charge in [0.25, 0.3) is 0 Å². The van der Waals surface area contributed by atoms with Gasteiger partial charge in [-0.2, -0.15) is 0 Å². The highest BCUT2D eigenvalue weighted by atomic mass is 32.1. The Hall–Kier alpha value is -2.85. The topological polar surface area (TPSA) is 18.5 Å². The first-order valence-electron chi connectivity index (χ1n) is 11.1. The third-order valence-electron chi connectivity index (χ3n) is 5.81. The van der Waals surface area contributed by atoms with Gasteiger partial charge < -0.3 is 15.1 Å². The number of hydrogen-bond donors (Lipinski definition) is 1. The van der Waals surface area contributed by atoms with Gasteiger partial charge in [-0.3, -0.25) is 0 Å². The number of rotatable bonds is 8. The molecule has 0 aliphatic heterocycles. The molecule has 0 aromatic heterocycles. The van der Waals surface area contributed by atoms with E-state index >= 15 is 0 Å². The first-order chi connectivity index (χ1) is 15.0. The van der Waals surface area contributed by atoms with Gasteiger partial charge in [0, 0.05) is 31.0 Å². The average molecular weight is 432 g/mol. The summed E-state index contributed by atoms with van der Waals surface area (Å²) in [4.78, 5) is 4.63. The van der Waals surface area contributed by atoms with Gasteiger partial charge in [0.15, 0.2) is 5.11 Å². The predicted octanol–water partition coefficient (Wildman–Crippen LogP) is 6.80. The van der Waals surface area contributed by atoms with Gasteiger partial charge in [-0.1, -0.05) is 60.7 Å². The third kappa shape index (κ3) is 5.86. The van der Waals surface area contributed by atoms with Gasteiger partial charge in [0.1, 0.15) is 0 Å². The first kappa shape index (κ1) is 22.8. The standard InChI is InChI=1S/C27H33N3S/c1-5-29(6-2)25-18-16-23(17-19-25)20-30(22(4)24-13-8-7-9-14-24)27(31)28-26-15-11-10-12-21(26)3/h7-19,22H,5-6,20H2,1-4H3,(H,28,31)/t22-/m1/s1. The van der Waals surface area contributed by atoms with E-state index in [1.54, 1.807) is 0 Å². The summed E-state index contributed by atoms with van der Waals surface area (Å²) in [5.41, 5.74) is 5.98. The maximum absolute atomic E-state index is 5.90. The Bertz CT molecular complexity index is 965. The lowest BCUT2D eigenvalue weighted by atomic mass is 10.1. The minimum Gasteiger partial charge on any atom is -0.372 e. The Labute approximate surface area is 192 Å². The molecule has 3 rings (SSSR count). The van der Waals surface area contributed by atoms with Crippen molar-refractivity contribution in [2.75, 3.05) is 23.3 Å². The second kappa shape index (κ2) is 11.0. The number of hydrogen-bond acceptors (Lipinski definition) is 2. The molecule has 0 heterocycles. The summed E-state index contributed by atoms with van der Waals surface area (Å²) in [6.45, 7) is 11.5. The Balaban J connectivity index is 1.85. The molecule has 1 atom stereocenters. The second-order valence-corrected chi connectivity index (χ2v) is 8.19. The Morgan fingerprint density at radius 2 is 1.48 bits per heavy atom. The van der Waals surface area contributed by atoms with Crippen molar-refractivity contribution in [3.63, 3.8) is 0 Å². The molecule has 0 bridgehead atoms. The van der Waals surface area contributed by atoms with Crippen LogP contribution in [-0.2, 0) is 6.54 Å². The summed E-state index contributed by atoms with van der Waals surface area (Å²) in [6, 6.07) is 27.8. The van der Waals surface area contributed by atoms with E-state index in [4.69, 9.17) is 12.2 Å². The van der Waals surface area contributed by atoms with Crippen LogP contribution >= 0.6 is 12.2 Å². The Morgan fingerprint density at radius 1 is 0.871 bits per heavy atom. The monoisotopic (exact) mass is 431 g/mol. The zero-order chi connectivity index (χ0) is 22.2. The van der Waals surface area contributed by atoms with Crippen LogP contribution in [0.15, 0.2) is 78.9 Å². The van der Waals surface area contributed by atoms with Gasteiger partial charge in [0.2, 0.25) is 0 Å². The summed E-state index contributed by atoms with van der Waals surface area (Å²) in [5, 5.41) is 4.21. The maximum atomic E-state index is 5.90. The van der Waals surface area contributed by atoms with E-state index in [-0.39, 0.29) is 6.04 Å². The predicted molar refractivity (Wildman–Crippen MR) is 138 cm³/mol. The molecule has 0 aliphatic rings. The molecule has 0 amide bonds. The highest BCUT2D eigenvalue weighted by Gasteiger charge is 2.20. The molecule has 0 fully saturated rings. The first-order valence-corrected chi connectivity index (χ1v) is 11.5. The van der Waals surface area contributed by atoms with E-state index in [1.807, 2.05) is 12.1 Å². The highest BCUT2D eigenvalue weighted by Crippen LogP contribution is 2.25. The SMILES string of the molecule is CCN(CC)c1ccc(CN(C(=S)Nc2ccccc2C)[C@H](C)c2ccccc2)cc1. The van der Waals surface area contributed by atoms with Crippen LogP contribution in [0.1, 0.15) is 43.5 Å². The minimum absolute atomic E-state index is 0.146. The smallest absolute Gasteiger partial charge is 0.174 e. The molecule has 1 N–H and O–H groups in total. The van der Waals surface area contributed by atoms with Crippen molar-refractivity contribution in [2.45, 2.75) is 40.3 Å². The number of nitrogens with one attached hydrogen (secondary N) is 1. The number of thiocarbonyl (C=S) groups is 1.